The Hall–Kier alpha value is -1.36. The van der Waals surface area contributed by atoms with Crippen molar-refractivity contribution < 1.29 is 0 Å². The molecule has 2 heterocycles. The van der Waals surface area contributed by atoms with E-state index in [1.165, 1.54) is 0 Å². The van der Waals surface area contributed by atoms with E-state index < -0.39 is 0 Å². The van der Waals surface area contributed by atoms with Crippen LogP contribution in [0.2, 0.25) is 0 Å². The molecule has 3 N–H and O–H groups in total. The molecule has 0 fully saturated rings. The normalized spacial score (nSPS) is 9.45. The van der Waals surface area contributed by atoms with Crippen LogP contribution in [0.3, 0.4) is 0 Å². The molecule has 0 saturated carbocycles. The first-order valence-corrected chi connectivity index (χ1v) is 2.78. The van der Waals surface area contributed by atoms with Gasteiger partial charge in [-0.3, -0.25) is 0 Å². The van der Waals surface area contributed by atoms with Gasteiger partial charge in [0.1, 0.15) is 0 Å². The van der Waals surface area contributed by atoms with Gasteiger partial charge in [-0.25, -0.2) is 9.97 Å². The van der Waals surface area contributed by atoms with Crippen LogP contribution in [-0.2, 0) is 0 Å². The molecule has 11 heavy (non-hydrogen) atoms. The number of imidazole rings is 1. The van der Waals surface area contributed by atoms with Crippen molar-refractivity contribution in [3.05, 3.63) is 12.4 Å². The molecular formula is C5H6ClN5. The number of hydrogen-bond acceptors (Lipinski definition) is 4. The second-order valence-electron chi connectivity index (χ2n) is 1.85. The van der Waals surface area contributed by atoms with Crippen molar-refractivity contribution in [2.75, 3.05) is 5.73 Å². The third-order valence-electron chi connectivity index (χ3n) is 1.15. The molecule has 0 aliphatic rings. The molecule has 0 bridgehead atoms. The lowest BCUT2D eigenvalue weighted by Crippen LogP contribution is -1.84. The highest BCUT2D eigenvalue weighted by Crippen LogP contribution is 2.03. The number of aromatic nitrogens is 4. The summed E-state index contributed by atoms with van der Waals surface area (Å²) in [6, 6.07) is 0. The molecule has 58 valence electrons. The van der Waals surface area contributed by atoms with Crippen LogP contribution in [0.15, 0.2) is 12.4 Å². The molecule has 0 aliphatic heterocycles. The Morgan fingerprint density at radius 2 is 2.00 bits per heavy atom. The zero-order chi connectivity index (χ0) is 6.97. The Morgan fingerprint density at radius 1 is 1.27 bits per heavy atom. The number of nitrogens with two attached hydrogens (primary N) is 1. The fourth-order valence-electron chi connectivity index (χ4n) is 0.764. The standard InChI is InChI=1S/C5H5N5.ClH/c6-5-9-3-4(10-5)8-2-1-7-3;/h1-2H,(H3,6,7,8,9,10);1H. The zero-order valence-electron chi connectivity index (χ0n) is 5.48. The first kappa shape index (κ1) is 7.74. The van der Waals surface area contributed by atoms with Crippen LogP contribution in [0.5, 0.6) is 0 Å². The minimum atomic E-state index is 0. The lowest BCUT2D eigenvalue weighted by Gasteiger charge is -1.79. The summed E-state index contributed by atoms with van der Waals surface area (Å²) in [5.41, 5.74) is 6.52. The van der Waals surface area contributed by atoms with Crippen LogP contribution in [0.1, 0.15) is 0 Å². The van der Waals surface area contributed by atoms with Gasteiger partial charge in [0.15, 0.2) is 11.3 Å². The third kappa shape index (κ3) is 1.22. The minimum Gasteiger partial charge on any atom is -0.369 e. The second-order valence-corrected chi connectivity index (χ2v) is 1.85. The van der Waals surface area contributed by atoms with E-state index in [0.29, 0.717) is 17.2 Å². The fraction of sp³-hybridized carbons (Fsp3) is 0. The molecule has 6 heteroatoms. The van der Waals surface area contributed by atoms with Crippen molar-refractivity contribution in [3.8, 4) is 0 Å². The highest BCUT2D eigenvalue weighted by Gasteiger charge is 1.97. The van der Waals surface area contributed by atoms with Gasteiger partial charge in [0.2, 0.25) is 5.95 Å². The van der Waals surface area contributed by atoms with E-state index in [4.69, 9.17) is 5.73 Å². The average Bonchev–Trinajstić information content (AvgIpc) is 2.27. The van der Waals surface area contributed by atoms with Crippen molar-refractivity contribution in [2.45, 2.75) is 0 Å². The lowest BCUT2D eigenvalue weighted by atomic mass is 10.7. The molecular weight excluding hydrogens is 166 g/mol. The van der Waals surface area contributed by atoms with E-state index >= 15 is 0 Å². The maximum atomic E-state index is 5.34. The maximum Gasteiger partial charge on any atom is 0.201 e. The number of nitrogen functional groups attached to an aromatic ring is 1. The third-order valence-corrected chi connectivity index (χ3v) is 1.15. The molecule has 2 aromatic heterocycles. The Labute approximate surface area is 68.5 Å². The maximum absolute atomic E-state index is 5.34. The predicted octanol–water partition coefficient (Wildman–Crippen LogP) is 0.357. The summed E-state index contributed by atoms with van der Waals surface area (Å²) < 4.78 is 0. The first-order valence-electron chi connectivity index (χ1n) is 2.78. The van der Waals surface area contributed by atoms with E-state index in [2.05, 4.69) is 19.9 Å². The van der Waals surface area contributed by atoms with Crippen molar-refractivity contribution in [2.24, 2.45) is 0 Å². The van der Waals surface area contributed by atoms with Crippen molar-refractivity contribution in [3.63, 3.8) is 0 Å². The van der Waals surface area contributed by atoms with E-state index in [-0.39, 0.29) is 12.4 Å². The number of hydrogen-bond donors (Lipinski definition) is 2. The molecule has 0 radical (unpaired) electrons. The second kappa shape index (κ2) is 2.71. The fourth-order valence-corrected chi connectivity index (χ4v) is 0.764. The molecule has 0 amide bonds. The Kier molecular flexibility index (Phi) is 1.91. The number of H-pyrrole nitrogens is 1. The quantitative estimate of drug-likeness (QED) is 0.600. The van der Waals surface area contributed by atoms with Gasteiger partial charge in [0.05, 0.1) is 0 Å². The van der Waals surface area contributed by atoms with E-state index in [0.717, 1.165) is 0 Å². The Morgan fingerprint density at radius 3 is 2.73 bits per heavy atom. The van der Waals surface area contributed by atoms with E-state index in [9.17, 15) is 0 Å². The highest BCUT2D eigenvalue weighted by molar-refractivity contribution is 5.85. The number of nitrogens with one attached hydrogen (secondary N) is 1. The molecule has 0 saturated heterocycles. The molecule has 2 aromatic rings. The van der Waals surface area contributed by atoms with Crippen molar-refractivity contribution in [1.29, 1.82) is 0 Å². The molecule has 0 unspecified atom stereocenters. The number of aromatic amines is 1. The van der Waals surface area contributed by atoms with Crippen LogP contribution >= 0.6 is 12.4 Å². The van der Waals surface area contributed by atoms with Crippen molar-refractivity contribution >= 4 is 29.6 Å². The monoisotopic (exact) mass is 171 g/mol. The van der Waals surface area contributed by atoms with Gasteiger partial charge < -0.3 is 10.7 Å². The van der Waals surface area contributed by atoms with Crippen LogP contribution in [0, 0.1) is 0 Å². The number of fused-ring (bicyclic) bond motifs is 1. The smallest absolute Gasteiger partial charge is 0.201 e. The number of halogens is 1. The van der Waals surface area contributed by atoms with Crippen molar-refractivity contribution in [1.82, 2.24) is 19.9 Å². The summed E-state index contributed by atoms with van der Waals surface area (Å²) >= 11 is 0. The predicted molar refractivity (Wildman–Crippen MR) is 43.3 cm³/mol. The molecule has 0 atom stereocenters. The Bertz CT molecular complexity index is 323. The summed E-state index contributed by atoms with van der Waals surface area (Å²) in [5, 5.41) is 0. The van der Waals surface area contributed by atoms with Crippen LogP contribution < -0.4 is 5.73 Å². The summed E-state index contributed by atoms with van der Waals surface area (Å²) in [4.78, 5) is 14.5. The summed E-state index contributed by atoms with van der Waals surface area (Å²) in [6.45, 7) is 0. The minimum absolute atomic E-state index is 0. The largest absolute Gasteiger partial charge is 0.369 e. The molecule has 5 nitrogen and oxygen atoms in total. The topological polar surface area (TPSA) is 80.5 Å². The first-order chi connectivity index (χ1) is 4.86. The van der Waals surface area contributed by atoms with E-state index in [1.54, 1.807) is 12.4 Å². The SMILES string of the molecule is Cl.Nc1nc2nccnc2[nH]1. The zero-order valence-corrected chi connectivity index (χ0v) is 6.30. The number of nitrogens with zero attached hydrogens (tertiary/aromatic N) is 3. The Balaban J connectivity index is 0.000000605. The van der Waals surface area contributed by atoms with Gasteiger partial charge in [0, 0.05) is 12.4 Å². The average molecular weight is 172 g/mol. The van der Waals surface area contributed by atoms with Gasteiger partial charge in [-0.2, -0.15) is 4.98 Å². The summed E-state index contributed by atoms with van der Waals surface area (Å²) in [5.74, 6) is 0.348. The van der Waals surface area contributed by atoms with Gasteiger partial charge in [0.25, 0.3) is 0 Å². The van der Waals surface area contributed by atoms with Gasteiger partial charge in [-0.15, -0.1) is 12.4 Å². The molecule has 0 spiro atoms. The van der Waals surface area contributed by atoms with Crippen LogP contribution in [0.4, 0.5) is 5.95 Å². The van der Waals surface area contributed by atoms with Gasteiger partial charge in [-0.05, 0) is 0 Å². The lowest BCUT2D eigenvalue weighted by molar-refractivity contribution is 1.26. The highest BCUT2D eigenvalue weighted by atomic mass is 35.5. The van der Waals surface area contributed by atoms with Gasteiger partial charge in [-0.1, -0.05) is 0 Å². The summed E-state index contributed by atoms with van der Waals surface area (Å²) in [7, 11) is 0. The molecule has 0 aliphatic carbocycles. The summed E-state index contributed by atoms with van der Waals surface area (Å²) in [6.07, 6.45) is 3.16. The van der Waals surface area contributed by atoms with Crippen LogP contribution in [0.25, 0.3) is 11.3 Å². The molecule has 0 aromatic carbocycles. The molecule has 2 rings (SSSR count). The van der Waals surface area contributed by atoms with Gasteiger partial charge >= 0.3 is 0 Å². The number of anilines is 1. The van der Waals surface area contributed by atoms with E-state index in [1.807, 2.05) is 0 Å². The number of rotatable bonds is 0. The van der Waals surface area contributed by atoms with Crippen LogP contribution in [-0.4, -0.2) is 19.9 Å².